The van der Waals surface area contributed by atoms with Gasteiger partial charge in [-0.1, -0.05) is 0 Å². The molecule has 1 aliphatic carbocycles. The van der Waals surface area contributed by atoms with Crippen LogP contribution in [0, 0.1) is 0 Å². The summed E-state index contributed by atoms with van der Waals surface area (Å²) in [5.41, 5.74) is 4.49. The van der Waals surface area contributed by atoms with Gasteiger partial charge in [-0.15, -0.1) is 0 Å². The Balaban J connectivity index is 1.36. The van der Waals surface area contributed by atoms with Crippen LogP contribution in [0.4, 0.5) is 11.5 Å². The van der Waals surface area contributed by atoms with Crippen molar-refractivity contribution in [1.82, 2.24) is 19.5 Å². The molecular weight excluding hydrogens is 364 g/mol. The van der Waals surface area contributed by atoms with Gasteiger partial charge < -0.3 is 9.80 Å². The summed E-state index contributed by atoms with van der Waals surface area (Å²) < 4.78 is 1.68. The van der Waals surface area contributed by atoms with Gasteiger partial charge in [-0.25, -0.2) is 15.0 Å². The third-order valence-corrected chi connectivity index (χ3v) is 6.12. The number of piperazine rings is 1. The molecule has 0 bridgehead atoms. The van der Waals surface area contributed by atoms with E-state index >= 15 is 0 Å². The Hall–Kier alpha value is -2.96. The molecule has 1 aliphatic heterocycles. The molecule has 0 saturated carbocycles. The Morgan fingerprint density at radius 1 is 0.966 bits per heavy atom. The van der Waals surface area contributed by atoms with E-state index in [1.165, 1.54) is 17.7 Å². The zero-order valence-corrected chi connectivity index (χ0v) is 17.0. The molecule has 0 atom stereocenters. The van der Waals surface area contributed by atoms with Crippen LogP contribution in [0.25, 0.3) is 10.9 Å². The molecule has 5 rings (SSSR count). The molecule has 1 fully saturated rings. The summed E-state index contributed by atoms with van der Waals surface area (Å²) in [6.07, 6.45) is 6.73. The Morgan fingerprint density at radius 2 is 1.76 bits per heavy atom. The number of hydrogen-bond donors (Lipinski definition) is 0. The highest BCUT2D eigenvalue weighted by Gasteiger charge is 2.24. The molecule has 1 saturated heterocycles. The molecule has 3 heterocycles. The lowest BCUT2D eigenvalue weighted by Crippen LogP contribution is -2.47. The minimum atomic E-state index is 0.0268. The zero-order chi connectivity index (χ0) is 20.0. The number of aromatic nitrogens is 4. The third-order valence-electron chi connectivity index (χ3n) is 6.12. The summed E-state index contributed by atoms with van der Waals surface area (Å²) in [7, 11) is 0. The lowest BCUT2D eigenvalue weighted by molar-refractivity contribution is 0.573. The second kappa shape index (κ2) is 7.13. The van der Waals surface area contributed by atoms with Crippen LogP contribution in [-0.4, -0.2) is 45.7 Å². The molecule has 0 spiro atoms. The van der Waals surface area contributed by atoms with Gasteiger partial charge in [0, 0.05) is 49.2 Å². The molecule has 0 N–H and O–H groups in total. The first kappa shape index (κ1) is 18.1. The summed E-state index contributed by atoms with van der Waals surface area (Å²) in [6, 6.07) is 6.12. The predicted molar refractivity (Wildman–Crippen MR) is 115 cm³/mol. The summed E-state index contributed by atoms with van der Waals surface area (Å²) in [5.74, 6) is 1.13. The van der Waals surface area contributed by atoms with E-state index in [0.29, 0.717) is 5.39 Å². The molecule has 2 aliphatic rings. The van der Waals surface area contributed by atoms with Crippen LogP contribution in [0.1, 0.15) is 37.6 Å². The number of nitrogens with zero attached hydrogens (tertiary/aromatic N) is 6. The lowest BCUT2D eigenvalue weighted by atomic mass is 10.1. The van der Waals surface area contributed by atoms with Gasteiger partial charge in [-0.2, -0.15) is 0 Å². The van der Waals surface area contributed by atoms with Gasteiger partial charge in [0.1, 0.15) is 12.1 Å². The Bertz CT molecular complexity index is 1110. The van der Waals surface area contributed by atoms with E-state index in [0.717, 1.165) is 56.0 Å². The maximum Gasteiger partial charge on any atom is 0.261 e. The minimum absolute atomic E-state index is 0.0268. The number of aryl methyl sites for hydroxylation is 1. The quantitative estimate of drug-likeness (QED) is 0.685. The summed E-state index contributed by atoms with van der Waals surface area (Å²) in [4.78, 5) is 31.0. The first-order valence-electron chi connectivity index (χ1n) is 10.5. The smallest absolute Gasteiger partial charge is 0.261 e. The normalized spacial score (nSPS) is 16.7. The van der Waals surface area contributed by atoms with E-state index in [4.69, 9.17) is 0 Å². The van der Waals surface area contributed by atoms with Crippen LogP contribution in [-0.2, 0) is 12.8 Å². The molecule has 0 unspecified atom stereocenters. The number of hydrogen-bond acceptors (Lipinski definition) is 6. The number of rotatable bonds is 3. The van der Waals surface area contributed by atoms with E-state index in [2.05, 4.69) is 24.8 Å². The van der Waals surface area contributed by atoms with Gasteiger partial charge in [-0.05, 0) is 51.3 Å². The van der Waals surface area contributed by atoms with Crippen molar-refractivity contribution in [3.63, 3.8) is 0 Å². The molecule has 7 heteroatoms. The van der Waals surface area contributed by atoms with Gasteiger partial charge in [0.2, 0.25) is 0 Å². The number of fused-ring (bicyclic) bond motifs is 2. The molecular formula is C22H26N6O. The Labute approximate surface area is 170 Å². The van der Waals surface area contributed by atoms with E-state index < -0.39 is 0 Å². The van der Waals surface area contributed by atoms with Gasteiger partial charge >= 0.3 is 0 Å². The van der Waals surface area contributed by atoms with Crippen LogP contribution in [0.5, 0.6) is 0 Å². The second-order valence-electron chi connectivity index (χ2n) is 8.20. The summed E-state index contributed by atoms with van der Waals surface area (Å²) in [6.45, 7) is 7.71. The largest absolute Gasteiger partial charge is 0.368 e. The third kappa shape index (κ3) is 3.14. The molecule has 150 valence electrons. The first-order chi connectivity index (χ1) is 14.1. The lowest BCUT2D eigenvalue weighted by Gasteiger charge is -2.37. The van der Waals surface area contributed by atoms with Gasteiger partial charge in [0.15, 0.2) is 0 Å². The fraction of sp³-hybridized carbons (Fsp3) is 0.455. The number of benzene rings is 1. The summed E-state index contributed by atoms with van der Waals surface area (Å²) >= 11 is 0. The average Bonchev–Trinajstić information content (AvgIpc) is 3.22. The molecule has 2 aromatic heterocycles. The van der Waals surface area contributed by atoms with Crippen molar-refractivity contribution in [2.75, 3.05) is 36.0 Å². The van der Waals surface area contributed by atoms with E-state index in [1.807, 2.05) is 32.0 Å². The molecule has 3 aromatic rings. The van der Waals surface area contributed by atoms with E-state index in [-0.39, 0.29) is 11.6 Å². The highest BCUT2D eigenvalue weighted by atomic mass is 16.1. The van der Waals surface area contributed by atoms with Gasteiger partial charge in [-0.3, -0.25) is 9.36 Å². The maximum absolute atomic E-state index is 12.6. The zero-order valence-electron chi connectivity index (χ0n) is 17.0. The molecule has 1 aromatic carbocycles. The van der Waals surface area contributed by atoms with Crippen LogP contribution in [0.15, 0.2) is 35.6 Å². The topological polar surface area (TPSA) is 67.2 Å². The minimum Gasteiger partial charge on any atom is -0.368 e. The fourth-order valence-corrected chi connectivity index (χ4v) is 4.48. The van der Waals surface area contributed by atoms with Crippen molar-refractivity contribution < 1.29 is 0 Å². The molecule has 0 radical (unpaired) electrons. The highest BCUT2D eigenvalue weighted by Crippen LogP contribution is 2.29. The van der Waals surface area contributed by atoms with E-state index in [9.17, 15) is 4.79 Å². The SMILES string of the molecule is CC(C)n1cnc2cc(N3CCN(c4ncnc5c4CCC5)CC3)ccc2c1=O. The van der Waals surface area contributed by atoms with Crippen molar-refractivity contribution >= 4 is 22.4 Å². The van der Waals surface area contributed by atoms with Crippen LogP contribution < -0.4 is 15.4 Å². The monoisotopic (exact) mass is 390 g/mol. The van der Waals surface area contributed by atoms with Crippen LogP contribution in [0.2, 0.25) is 0 Å². The predicted octanol–water partition coefficient (Wildman–Crippen LogP) is 2.58. The Morgan fingerprint density at radius 3 is 2.55 bits per heavy atom. The van der Waals surface area contributed by atoms with Crippen molar-refractivity contribution in [3.8, 4) is 0 Å². The fourth-order valence-electron chi connectivity index (χ4n) is 4.48. The van der Waals surface area contributed by atoms with Gasteiger partial charge in [0.05, 0.1) is 17.2 Å². The standard InChI is InChI=1S/C22H26N6O/c1-15(2)28-14-25-20-12-16(6-7-18(20)22(28)29)26-8-10-27(11-9-26)21-17-4-3-5-19(17)23-13-24-21/h6-7,12-15H,3-5,8-11H2,1-2H3. The van der Waals surface area contributed by atoms with Crippen molar-refractivity contribution in [2.45, 2.75) is 39.2 Å². The van der Waals surface area contributed by atoms with Crippen LogP contribution >= 0.6 is 0 Å². The van der Waals surface area contributed by atoms with Crippen molar-refractivity contribution in [2.24, 2.45) is 0 Å². The van der Waals surface area contributed by atoms with Crippen LogP contribution in [0.3, 0.4) is 0 Å². The Kier molecular flexibility index (Phi) is 4.45. The first-order valence-corrected chi connectivity index (χ1v) is 10.5. The average molecular weight is 390 g/mol. The summed E-state index contributed by atoms with van der Waals surface area (Å²) in [5, 5.41) is 0.681. The van der Waals surface area contributed by atoms with Crippen molar-refractivity contribution in [3.05, 3.63) is 52.5 Å². The maximum atomic E-state index is 12.6. The van der Waals surface area contributed by atoms with E-state index in [1.54, 1.807) is 17.2 Å². The highest BCUT2D eigenvalue weighted by molar-refractivity contribution is 5.81. The molecule has 29 heavy (non-hydrogen) atoms. The number of anilines is 2. The molecule has 0 amide bonds. The van der Waals surface area contributed by atoms with Gasteiger partial charge in [0.25, 0.3) is 5.56 Å². The van der Waals surface area contributed by atoms with Crippen molar-refractivity contribution in [1.29, 1.82) is 0 Å². The molecule has 7 nitrogen and oxygen atoms in total. The second-order valence-corrected chi connectivity index (χ2v) is 8.20.